The highest BCUT2D eigenvalue weighted by atomic mass is 79.9. The molecule has 0 aliphatic carbocycles. The highest BCUT2D eigenvalue weighted by Gasteiger charge is 2.25. The minimum absolute atomic E-state index is 0.245. The number of para-hydroxylation sites is 1. The molecule has 1 rings (SSSR count). The van der Waals surface area contributed by atoms with Crippen LogP contribution in [0.15, 0.2) is 28.7 Å². The molecule has 0 heterocycles. The summed E-state index contributed by atoms with van der Waals surface area (Å²) in [5.41, 5.74) is 0.245. The van der Waals surface area contributed by atoms with Crippen molar-refractivity contribution >= 4 is 31.9 Å². The molecule has 3 heteroatoms. The van der Waals surface area contributed by atoms with Crippen molar-refractivity contribution in [2.24, 2.45) is 5.41 Å². The number of alkyl halides is 1. The molecule has 1 aromatic rings. The average molecular weight is 350 g/mol. The fourth-order valence-corrected chi connectivity index (χ4v) is 2.83. The van der Waals surface area contributed by atoms with Gasteiger partial charge in [0.05, 0.1) is 11.1 Å². The summed E-state index contributed by atoms with van der Waals surface area (Å²) in [5.74, 6) is 0.926. The van der Waals surface area contributed by atoms with Crippen LogP contribution in [0, 0.1) is 5.41 Å². The quantitative estimate of drug-likeness (QED) is 0.654. The van der Waals surface area contributed by atoms with Crippen LogP contribution in [0.5, 0.6) is 5.75 Å². The zero-order valence-electron chi connectivity index (χ0n) is 9.80. The molecular weight excluding hydrogens is 332 g/mol. The predicted octanol–water partition coefficient (Wildman–Crippen LogP) is 5.03. The van der Waals surface area contributed by atoms with E-state index in [-0.39, 0.29) is 5.41 Å². The first-order valence-electron chi connectivity index (χ1n) is 5.60. The Morgan fingerprint density at radius 2 is 1.81 bits per heavy atom. The topological polar surface area (TPSA) is 9.23 Å². The second kappa shape index (κ2) is 6.65. The largest absolute Gasteiger partial charge is 0.492 e. The van der Waals surface area contributed by atoms with Crippen molar-refractivity contribution in [3.63, 3.8) is 0 Å². The number of rotatable bonds is 6. The summed E-state index contributed by atoms with van der Waals surface area (Å²) in [4.78, 5) is 0. The summed E-state index contributed by atoms with van der Waals surface area (Å²) in [6.45, 7) is 5.19. The minimum atomic E-state index is 0.245. The van der Waals surface area contributed by atoms with Crippen LogP contribution in [0.3, 0.4) is 0 Å². The first-order valence-corrected chi connectivity index (χ1v) is 7.52. The van der Waals surface area contributed by atoms with Crippen molar-refractivity contribution in [1.82, 2.24) is 0 Å². The monoisotopic (exact) mass is 348 g/mol. The summed E-state index contributed by atoms with van der Waals surface area (Å²) in [7, 11) is 0. The Labute approximate surface area is 115 Å². The third-order valence-corrected chi connectivity index (χ3v) is 5.00. The zero-order chi connectivity index (χ0) is 12.0. The first kappa shape index (κ1) is 14.0. The van der Waals surface area contributed by atoms with Crippen molar-refractivity contribution in [3.05, 3.63) is 28.7 Å². The Morgan fingerprint density at radius 3 is 2.31 bits per heavy atom. The molecule has 0 saturated carbocycles. The van der Waals surface area contributed by atoms with Crippen molar-refractivity contribution in [2.75, 3.05) is 11.9 Å². The van der Waals surface area contributed by atoms with Crippen LogP contribution in [0.4, 0.5) is 0 Å². The van der Waals surface area contributed by atoms with Crippen LogP contribution >= 0.6 is 31.9 Å². The van der Waals surface area contributed by atoms with E-state index in [9.17, 15) is 0 Å². The first-order chi connectivity index (χ1) is 7.67. The maximum atomic E-state index is 5.90. The third kappa shape index (κ3) is 3.49. The molecule has 0 unspecified atom stereocenters. The summed E-state index contributed by atoms with van der Waals surface area (Å²) < 4.78 is 6.92. The Bertz CT molecular complexity index is 313. The molecule has 0 saturated heterocycles. The normalized spacial score (nSPS) is 11.5. The molecule has 0 aliphatic heterocycles. The highest BCUT2D eigenvalue weighted by Crippen LogP contribution is 2.31. The lowest BCUT2D eigenvalue weighted by molar-refractivity contribution is 0.157. The number of ether oxygens (including phenoxy) is 1. The van der Waals surface area contributed by atoms with Gasteiger partial charge in [0.25, 0.3) is 0 Å². The van der Waals surface area contributed by atoms with E-state index in [0.29, 0.717) is 0 Å². The van der Waals surface area contributed by atoms with Crippen LogP contribution < -0.4 is 4.74 Å². The van der Waals surface area contributed by atoms with Gasteiger partial charge in [-0.15, -0.1) is 0 Å². The van der Waals surface area contributed by atoms with E-state index >= 15 is 0 Å². The van der Waals surface area contributed by atoms with E-state index in [1.807, 2.05) is 24.3 Å². The van der Waals surface area contributed by atoms with Gasteiger partial charge in [-0.2, -0.15) is 0 Å². The fraction of sp³-hybridized carbons (Fsp3) is 0.538. The number of halogens is 2. The van der Waals surface area contributed by atoms with Crippen molar-refractivity contribution in [2.45, 2.75) is 26.7 Å². The van der Waals surface area contributed by atoms with E-state index in [0.717, 1.165) is 35.0 Å². The van der Waals surface area contributed by atoms with E-state index in [2.05, 4.69) is 45.7 Å². The molecular formula is C13H18Br2O. The van der Waals surface area contributed by atoms with E-state index in [1.165, 1.54) is 0 Å². The van der Waals surface area contributed by atoms with Gasteiger partial charge >= 0.3 is 0 Å². The van der Waals surface area contributed by atoms with Crippen LogP contribution in [-0.4, -0.2) is 11.9 Å². The average Bonchev–Trinajstić information content (AvgIpc) is 2.34. The molecule has 0 bridgehead atoms. The minimum Gasteiger partial charge on any atom is -0.492 e. The lowest BCUT2D eigenvalue weighted by Crippen LogP contribution is -2.29. The summed E-state index contributed by atoms with van der Waals surface area (Å²) in [6, 6.07) is 7.99. The van der Waals surface area contributed by atoms with Crippen LogP contribution in [0.1, 0.15) is 26.7 Å². The zero-order valence-corrected chi connectivity index (χ0v) is 13.0. The fourth-order valence-electron chi connectivity index (χ4n) is 1.47. The lowest BCUT2D eigenvalue weighted by Gasteiger charge is -2.29. The maximum Gasteiger partial charge on any atom is 0.133 e. The molecule has 0 amide bonds. The van der Waals surface area contributed by atoms with Gasteiger partial charge in [0.1, 0.15) is 5.75 Å². The second-order valence-electron chi connectivity index (χ2n) is 4.06. The predicted molar refractivity (Wildman–Crippen MR) is 76.4 cm³/mol. The van der Waals surface area contributed by atoms with Gasteiger partial charge in [0, 0.05) is 10.7 Å². The van der Waals surface area contributed by atoms with Crippen LogP contribution in [0.25, 0.3) is 0 Å². The van der Waals surface area contributed by atoms with Crippen molar-refractivity contribution in [1.29, 1.82) is 0 Å². The molecule has 0 N–H and O–H groups in total. The molecule has 0 aromatic heterocycles. The summed E-state index contributed by atoms with van der Waals surface area (Å²) in [5, 5.41) is 0.984. The summed E-state index contributed by atoms with van der Waals surface area (Å²) >= 11 is 7.09. The molecule has 0 fully saturated rings. The van der Waals surface area contributed by atoms with Gasteiger partial charge in [0.15, 0.2) is 0 Å². The van der Waals surface area contributed by atoms with E-state index < -0.39 is 0 Å². The third-order valence-electron chi connectivity index (χ3n) is 3.15. The highest BCUT2D eigenvalue weighted by molar-refractivity contribution is 9.10. The van der Waals surface area contributed by atoms with Gasteiger partial charge in [-0.05, 0) is 40.9 Å². The van der Waals surface area contributed by atoms with Gasteiger partial charge in [-0.3, -0.25) is 0 Å². The Morgan fingerprint density at radius 1 is 1.19 bits per heavy atom. The second-order valence-corrected chi connectivity index (χ2v) is 5.47. The molecule has 1 aromatic carbocycles. The molecule has 0 atom stereocenters. The Hall–Kier alpha value is -0.0200. The Kier molecular flexibility index (Phi) is 5.84. The smallest absolute Gasteiger partial charge is 0.133 e. The van der Waals surface area contributed by atoms with E-state index in [4.69, 9.17) is 4.74 Å². The van der Waals surface area contributed by atoms with Crippen LogP contribution in [-0.2, 0) is 0 Å². The molecule has 0 aliphatic rings. The van der Waals surface area contributed by atoms with E-state index in [1.54, 1.807) is 0 Å². The SMILES string of the molecule is CCC(CC)(CBr)COc1ccccc1Br. The Balaban J connectivity index is 2.66. The molecule has 0 spiro atoms. The van der Waals surface area contributed by atoms with Gasteiger partial charge < -0.3 is 4.74 Å². The number of hydrogen-bond donors (Lipinski definition) is 0. The van der Waals surface area contributed by atoms with Crippen molar-refractivity contribution in [3.8, 4) is 5.75 Å². The van der Waals surface area contributed by atoms with Gasteiger partial charge in [0.2, 0.25) is 0 Å². The summed E-state index contributed by atoms with van der Waals surface area (Å²) in [6.07, 6.45) is 2.25. The van der Waals surface area contributed by atoms with Crippen molar-refractivity contribution < 1.29 is 4.74 Å². The number of hydrogen-bond acceptors (Lipinski definition) is 1. The van der Waals surface area contributed by atoms with Gasteiger partial charge in [-0.1, -0.05) is 41.9 Å². The standard InChI is InChI=1S/C13H18Br2O/c1-3-13(4-2,9-14)10-16-12-8-6-5-7-11(12)15/h5-8H,3-4,9-10H2,1-2H3. The molecule has 16 heavy (non-hydrogen) atoms. The molecule has 0 radical (unpaired) electrons. The van der Waals surface area contributed by atoms with Crippen LogP contribution in [0.2, 0.25) is 0 Å². The van der Waals surface area contributed by atoms with Gasteiger partial charge in [-0.25, -0.2) is 0 Å². The maximum absolute atomic E-state index is 5.90. The lowest BCUT2D eigenvalue weighted by atomic mass is 9.86. The number of benzene rings is 1. The molecule has 90 valence electrons. The molecule has 1 nitrogen and oxygen atoms in total.